The SMILES string of the molecule is Cc1ccccc1C(=O)Oc1ccccc1C=O. The fourth-order valence-electron chi connectivity index (χ4n) is 1.63. The molecule has 0 aliphatic heterocycles. The third kappa shape index (κ3) is 2.46. The van der Waals surface area contributed by atoms with Gasteiger partial charge in [0, 0.05) is 0 Å². The molecule has 0 heterocycles. The minimum Gasteiger partial charge on any atom is -0.422 e. The van der Waals surface area contributed by atoms with Crippen molar-refractivity contribution in [1.82, 2.24) is 0 Å². The number of hydrogen-bond acceptors (Lipinski definition) is 3. The summed E-state index contributed by atoms with van der Waals surface area (Å²) in [6, 6.07) is 13.8. The first-order chi connectivity index (χ1) is 8.72. The molecule has 18 heavy (non-hydrogen) atoms. The third-order valence-electron chi connectivity index (χ3n) is 2.61. The van der Waals surface area contributed by atoms with Gasteiger partial charge < -0.3 is 4.74 Å². The number of esters is 1. The lowest BCUT2D eigenvalue weighted by Gasteiger charge is -2.07. The summed E-state index contributed by atoms with van der Waals surface area (Å²) in [6.45, 7) is 1.84. The molecule has 0 spiro atoms. The number of rotatable bonds is 3. The molecule has 0 radical (unpaired) electrons. The van der Waals surface area contributed by atoms with E-state index in [1.807, 2.05) is 19.1 Å². The molecule has 2 rings (SSSR count). The summed E-state index contributed by atoms with van der Waals surface area (Å²) in [5, 5.41) is 0. The molecule has 0 fully saturated rings. The highest BCUT2D eigenvalue weighted by Gasteiger charge is 2.12. The molecule has 2 aromatic rings. The molecule has 0 aliphatic carbocycles. The van der Waals surface area contributed by atoms with Crippen LogP contribution in [0.25, 0.3) is 0 Å². The van der Waals surface area contributed by atoms with Gasteiger partial charge in [-0.2, -0.15) is 0 Å². The molecule has 90 valence electrons. The normalized spacial score (nSPS) is 9.83. The molecular weight excluding hydrogens is 228 g/mol. The van der Waals surface area contributed by atoms with Gasteiger partial charge in [-0.05, 0) is 30.7 Å². The number of carbonyl (C=O) groups is 2. The van der Waals surface area contributed by atoms with Gasteiger partial charge >= 0.3 is 5.97 Å². The summed E-state index contributed by atoms with van der Waals surface area (Å²) < 4.78 is 5.23. The number of aldehydes is 1. The average Bonchev–Trinajstić information content (AvgIpc) is 2.39. The zero-order valence-corrected chi connectivity index (χ0v) is 9.92. The van der Waals surface area contributed by atoms with Crippen molar-refractivity contribution in [3.05, 3.63) is 65.2 Å². The molecule has 3 nitrogen and oxygen atoms in total. The van der Waals surface area contributed by atoms with Crippen LogP contribution in [0.4, 0.5) is 0 Å². The van der Waals surface area contributed by atoms with Crippen LogP contribution in [0, 0.1) is 6.92 Å². The topological polar surface area (TPSA) is 43.4 Å². The smallest absolute Gasteiger partial charge is 0.343 e. The van der Waals surface area contributed by atoms with E-state index in [1.54, 1.807) is 36.4 Å². The third-order valence-corrected chi connectivity index (χ3v) is 2.61. The van der Waals surface area contributed by atoms with Crippen LogP contribution in [0.1, 0.15) is 26.3 Å². The number of para-hydroxylation sites is 1. The molecule has 2 aromatic carbocycles. The molecule has 0 unspecified atom stereocenters. The second-order valence-corrected chi connectivity index (χ2v) is 3.86. The Kier molecular flexibility index (Phi) is 3.53. The number of carbonyl (C=O) groups excluding carboxylic acids is 2. The predicted octanol–water partition coefficient (Wildman–Crippen LogP) is 3.03. The zero-order valence-electron chi connectivity index (χ0n) is 9.92. The monoisotopic (exact) mass is 240 g/mol. The van der Waals surface area contributed by atoms with Gasteiger partial charge in [-0.1, -0.05) is 30.3 Å². The molecule has 0 amide bonds. The number of ether oxygens (including phenoxy) is 1. The van der Waals surface area contributed by atoms with E-state index in [9.17, 15) is 9.59 Å². The Morgan fingerprint density at radius 3 is 2.44 bits per heavy atom. The van der Waals surface area contributed by atoms with Crippen molar-refractivity contribution in [2.24, 2.45) is 0 Å². The lowest BCUT2D eigenvalue weighted by Crippen LogP contribution is -2.11. The molecule has 0 aromatic heterocycles. The fraction of sp³-hybridized carbons (Fsp3) is 0.0667. The number of hydrogen-bond donors (Lipinski definition) is 0. The molecule has 0 saturated carbocycles. The standard InChI is InChI=1S/C15H12O3/c1-11-6-2-4-8-13(11)15(17)18-14-9-5-3-7-12(14)10-16/h2-10H,1H3. The van der Waals surface area contributed by atoms with Crippen molar-refractivity contribution in [3.63, 3.8) is 0 Å². The Morgan fingerprint density at radius 1 is 1.06 bits per heavy atom. The van der Waals surface area contributed by atoms with E-state index in [1.165, 1.54) is 0 Å². The van der Waals surface area contributed by atoms with Crippen LogP contribution >= 0.6 is 0 Å². The van der Waals surface area contributed by atoms with Crippen LogP contribution < -0.4 is 4.74 Å². The van der Waals surface area contributed by atoms with Crippen LogP contribution in [-0.4, -0.2) is 12.3 Å². The van der Waals surface area contributed by atoms with E-state index < -0.39 is 5.97 Å². The molecule has 0 atom stereocenters. The maximum absolute atomic E-state index is 12.0. The molecule has 0 N–H and O–H groups in total. The first-order valence-electron chi connectivity index (χ1n) is 5.54. The van der Waals surface area contributed by atoms with Gasteiger partial charge in [0.15, 0.2) is 6.29 Å². The predicted molar refractivity (Wildman–Crippen MR) is 68.0 cm³/mol. The van der Waals surface area contributed by atoms with Crippen molar-refractivity contribution in [3.8, 4) is 5.75 Å². The van der Waals surface area contributed by atoms with Crippen LogP contribution in [0.5, 0.6) is 5.75 Å². The van der Waals surface area contributed by atoms with E-state index in [2.05, 4.69) is 0 Å². The van der Waals surface area contributed by atoms with Gasteiger partial charge in [0.05, 0.1) is 11.1 Å². The first kappa shape index (κ1) is 12.0. The minimum absolute atomic E-state index is 0.278. The van der Waals surface area contributed by atoms with Gasteiger partial charge in [-0.25, -0.2) is 4.79 Å². The maximum Gasteiger partial charge on any atom is 0.343 e. The van der Waals surface area contributed by atoms with E-state index in [-0.39, 0.29) is 5.75 Å². The molecular formula is C15H12O3. The largest absolute Gasteiger partial charge is 0.422 e. The highest BCUT2D eigenvalue weighted by Crippen LogP contribution is 2.18. The van der Waals surface area contributed by atoms with Crippen LogP contribution in [0.3, 0.4) is 0 Å². The second-order valence-electron chi connectivity index (χ2n) is 3.86. The summed E-state index contributed by atoms with van der Waals surface area (Å²) in [6.07, 6.45) is 0.667. The zero-order chi connectivity index (χ0) is 13.0. The van der Waals surface area contributed by atoms with Gasteiger partial charge in [-0.3, -0.25) is 4.79 Å². The van der Waals surface area contributed by atoms with Crippen LogP contribution in [0.2, 0.25) is 0 Å². The second kappa shape index (κ2) is 5.27. The summed E-state index contributed by atoms with van der Waals surface area (Å²) >= 11 is 0. The summed E-state index contributed by atoms with van der Waals surface area (Å²) in [5.41, 5.74) is 1.70. The summed E-state index contributed by atoms with van der Waals surface area (Å²) in [5.74, 6) is -0.178. The Morgan fingerprint density at radius 2 is 1.72 bits per heavy atom. The van der Waals surface area contributed by atoms with E-state index in [0.29, 0.717) is 17.4 Å². The van der Waals surface area contributed by atoms with Crippen molar-refractivity contribution < 1.29 is 14.3 Å². The van der Waals surface area contributed by atoms with E-state index in [0.717, 1.165) is 5.56 Å². The van der Waals surface area contributed by atoms with Crippen molar-refractivity contribution in [2.45, 2.75) is 6.92 Å². The van der Waals surface area contributed by atoms with Gasteiger partial charge in [-0.15, -0.1) is 0 Å². The van der Waals surface area contributed by atoms with Crippen molar-refractivity contribution in [2.75, 3.05) is 0 Å². The van der Waals surface area contributed by atoms with Gasteiger partial charge in [0.1, 0.15) is 5.75 Å². The summed E-state index contributed by atoms with van der Waals surface area (Å²) in [4.78, 5) is 22.8. The van der Waals surface area contributed by atoms with Gasteiger partial charge in [0.25, 0.3) is 0 Å². The van der Waals surface area contributed by atoms with Crippen molar-refractivity contribution in [1.29, 1.82) is 0 Å². The Balaban J connectivity index is 2.27. The average molecular weight is 240 g/mol. The lowest BCUT2D eigenvalue weighted by molar-refractivity contribution is 0.0733. The molecule has 3 heteroatoms. The Hall–Kier alpha value is -2.42. The Bertz CT molecular complexity index is 588. The van der Waals surface area contributed by atoms with Crippen LogP contribution in [-0.2, 0) is 0 Å². The van der Waals surface area contributed by atoms with Crippen molar-refractivity contribution >= 4 is 12.3 Å². The highest BCUT2D eigenvalue weighted by molar-refractivity contribution is 5.93. The molecule has 0 bridgehead atoms. The van der Waals surface area contributed by atoms with E-state index >= 15 is 0 Å². The van der Waals surface area contributed by atoms with Gasteiger partial charge in [0.2, 0.25) is 0 Å². The highest BCUT2D eigenvalue weighted by atomic mass is 16.5. The maximum atomic E-state index is 12.0. The number of benzene rings is 2. The van der Waals surface area contributed by atoms with Crippen LogP contribution in [0.15, 0.2) is 48.5 Å². The summed E-state index contributed by atoms with van der Waals surface area (Å²) in [7, 11) is 0. The Labute approximate surface area is 105 Å². The molecule has 0 saturated heterocycles. The minimum atomic E-state index is -0.456. The first-order valence-corrected chi connectivity index (χ1v) is 5.54. The lowest BCUT2D eigenvalue weighted by atomic mass is 10.1. The van der Waals surface area contributed by atoms with E-state index in [4.69, 9.17) is 4.74 Å². The fourth-order valence-corrected chi connectivity index (χ4v) is 1.63. The quantitative estimate of drug-likeness (QED) is 0.470. The molecule has 0 aliphatic rings. The number of aryl methyl sites for hydroxylation is 1.